The number of hydrogen-bond acceptors (Lipinski definition) is 6. The molecule has 0 amide bonds. The lowest BCUT2D eigenvalue weighted by Crippen LogP contribution is -2.06. The number of methoxy groups -OCH3 is 1. The van der Waals surface area contributed by atoms with E-state index in [1.807, 2.05) is 0 Å². The summed E-state index contributed by atoms with van der Waals surface area (Å²) in [5, 5.41) is 14.8. The normalized spacial score (nSPS) is 10.2. The van der Waals surface area contributed by atoms with E-state index in [-0.39, 0.29) is 11.5 Å². The van der Waals surface area contributed by atoms with E-state index in [0.29, 0.717) is 11.3 Å². The van der Waals surface area contributed by atoms with Gasteiger partial charge in [-0.2, -0.15) is 0 Å². The summed E-state index contributed by atoms with van der Waals surface area (Å²) in [6.45, 7) is 1.60. The zero-order valence-electron chi connectivity index (χ0n) is 10.2. The van der Waals surface area contributed by atoms with Crippen LogP contribution in [0, 0.1) is 17.0 Å². The van der Waals surface area contributed by atoms with Gasteiger partial charge in [-0.05, 0) is 13.0 Å². The van der Waals surface area contributed by atoms with Gasteiger partial charge in [0.2, 0.25) is 0 Å². The number of hydrogen-bond donors (Lipinski definition) is 0. The molecule has 0 bridgehead atoms. The number of nitro benzene ring substituents is 1. The minimum absolute atomic E-state index is 0.0207. The Morgan fingerprint density at radius 3 is 2.84 bits per heavy atom. The van der Waals surface area contributed by atoms with Crippen LogP contribution in [0.15, 0.2) is 24.5 Å². The van der Waals surface area contributed by atoms with E-state index >= 15 is 0 Å². The summed E-state index contributed by atoms with van der Waals surface area (Å²) in [7, 11) is 1.22. The van der Waals surface area contributed by atoms with Crippen molar-refractivity contribution < 1.29 is 14.5 Å². The Morgan fingerprint density at radius 1 is 1.47 bits per heavy atom. The zero-order chi connectivity index (χ0) is 14.0. The van der Waals surface area contributed by atoms with Crippen LogP contribution in [0.1, 0.15) is 16.2 Å². The minimum atomic E-state index is -0.665. The van der Waals surface area contributed by atoms with Gasteiger partial charge in [0.15, 0.2) is 0 Å². The third-order valence-electron chi connectivity index (χ3n) is 2.58. The lowest BCUT2D eigenvalue weighted by molar-refractivity contribution is -0.385. The molecule has 0 spiro atoms. The van der Waals surface area contributed by atoms with Crippen molar-refractivity contribution in [2.75, 3.05) is 7.11 Å². The fourth-order valence-electron chi connectivity index (χ4n) is 1.62. The number of aromatic nitrogens is 3. The average molecular weight is 262 g/mol. The van der Waals surface area contributed by atoms with Crippen LogP contribution in [0.4, 0.5) is 5.69 Å². The van der Waals surface area contributed by atoms with E-state index in [1.54, 1.807) is 19.1 Å². The molecule has 2 rings (SSSR count). The molecule has 1 heterocycles. The lowest BCUT2D eigenvalue weighted by atomic mass is 10.1. The Balaban J connectivity index is 2.48. The van der Waals surface area contributed by atoms with Gasteiger partial charge in [-0.1, -0.05) is 6.07 Å². The molecule has 0 unspecified atom stereocenters. The van der Waals surface area contributed by atoms with Crippen molar-refractivity contribution in [3.05, 3.63) is 46.0 Å². The van der Waals surface area contributed by atoms with Gasteiger partial charge in [0.25, 0.3) is 11.5 Å². The molecule has 0 atom stereocenters. The van der Waals surface area contributed by atoms with Gasteiger partial charge in [-0.3, -0.25) is 10.1 Å². The summed E-state index contributed by atoms with van der Waals surface area (Å²) >= 11 is 0. The highest BCUT2D eigenvalue weighted by Gasteiger charge is 2.17. The molecule has 0 saturated carbocycles. The molecular formula is C11H10N4O4. The third-order valence-corrected chi connectivity index (χ3v) is 2.58. The number of benzene rings is 1. The van der Waals surface area contributed by atoms with Gasteiger partial charge in [-0.25, -0.2) is 14.5 Å². The molecule has 0 saturated heterocycles. The molecule has 0 radical (unpaired) electrons. The van der Waals surface area contributed by atoms with Crippen LogP contribution >= 0.6 is 0 Å². The molecule has 98 valence electrons. The molecule has 0 fully saturated rings. The van der Waals surface area contributed by atoms with Crippen LogP contribution in [0.5, 0.6) is 0 Å². The fraction of sp³-hybridized carbons (Fsp3) is 0.182. The van der Waals surface area contributed by atoms with Crippen molar-refractivity contribution in [1.82, 2.24) is 14.8 Å². The van der Waals surface area contributed by atoms with Gasteiger partial charge >= 0.3 is 5.97 Å². The molecule has 2 aromatic rings. The second-order valence-corrected chi connectivity index (χ2v) is 3.68. The van der Waals surface area contributed by atoms with Gasteiger partial charge < -0.3 is 4.74 Å². The predicted molar refractivity (Wildman–Crippen MR) is 64.1 cm³/mol. The Hall–Kier alpha value is -2.77. The highest BCUT2D eigenvalue weighted by molar-refractivity contribution is 5.84. The second-order valence-electron chi connectivity index (χ2n) is 3.68. The molecule has 8 nitrogen and oxygen atoms in total. The molecule has 1 aromatic heterocycles. The Kier molecular flexibility index (Phi) is 3.23. The maximum Gasteiger partial charge on any atom is 0.377 e. The highest BCUT2D eigenvalue weighted by atomic mass is 16.6. The van der Waals surface area contributed by atoms with Crippen LogP contribution in [0.3, 0.4) is 0 Å². The van der Waals surface area contributed by atoms with E-state index in [2.05, 4.69) is 14.8 Å². The van der Waals surface area contributed by atoms with Crippen LogP contribution in [-0.4, -0.2) is 32.8 Å². The van der Waals surface area contributed by atoms with E-state index in [1.165, 1.54) is 24.2 Å². The summed E-state index contributed by atoms with van der Waals surface area (Å²) in [6, 6.07) is 4.59. The molecule has 0 aliphatic heterocycles. The second kappa shape index (κ2) is 4.84. The van der Waals surface area contributed by atoms with Crippen LogP contribution in [0.2, 0.25) is 0 Å². The molecule has 0 aliphatic carbocycles. The number of nitrogens with zero attached hydrogens (tertiary/aromatic N) is 4. The Bertz CT molecular complexity index is 650. The molecule has 1 aromatic carbocycles. The Morgan fingerprint density at radius 2 is 2.21 bits per heavy atom. The Labute approximate surface area is 107 Å². The number of rotatable bonds is 3. The van der Waals surface area contributed by atoms with Crippen molar-refractivity contribution in [1.29, 1.82) is 0 Å². The number of ether oxygens (including phenoxy) is 1. The van der Waals surface area contributed by atoms with Crippen molar-refractivity contribution >= 4 is 11.7 Å². The van der Waals surface area contributed by atoms with Crippen LogP contribution < -0.4 is 0 Å². The summed E-state index contributed by atoms with van der Waals surface area (Å²) < 4.78 is 5.79. The first kappa shape index (κ1) is 12.7. The van der Waals surface area contributed by atoms with Crippen LogP contribution in [-0.2, 0) is 4.74 Å². The maximum absolute atomic E-state index is 11.2. The summed E-state index contributed by atoms with van der Waals surface area (Å²) in [6.07, 6.45) is 1.30. The largest absolute Gasteiger partial charge is 0.463 e. The van der Waals surface area contributed by atoms with Gasteiger partial charge in [0.05, 0.1) is 23.3 Å². The molecule has 19 heavy (non-hydrogen) atoms. The smallest absolute Gasteiger partial charge is 0.377 e. The SMILES string of the molecule is COC(=O)c1ncn(-c2cccc([N+](=O)[O-])c2C)n1. The first-order valence-electron chi connectivity index (χ1n) is 5.29. The van der Waals surface area contributed by atoms with Crippen molar-refractivity contribution in [2.24, 2.45) is 0 Å². The summed E-state index contributed by atoms with van der Waals surface area (Å²) in [4.78, 5) is 25.4. The zero-order valence-corrected chi connectivity index (χ0v) is 10.2. The molecule has 8 heteroatoms. The number of nitro groups is 1. The molecule has 0 N–H and O–H groups in total. The summed E-state index contributed by atoms with van der Waals surface area (Å²) in [5.41, 5.74) is 0.901. The minimum Gasteiger partial charge on any atom is -0.463 e. The maximum atomic E-state index is 11.2. The van der Waals surface area contributed by atoms with E-state index in [9.17, 15) is 14.9 Å². The van der Waals surface area contributed by atoms with E-state index in [4.69, 9.17) is 0 Å². The molecular weight excluding hydrogens is 252 g/mol. The first-order valence-corrected chi connectivity index (χ1v) is 5.29. The monoisotopic (exact) mass is 262 g/mol. The summed E-state index contributed by atoms with van der Waals surface area (Å²) in [5.74, 6) is -0.768. The number of carbonyl (C=O) groups is 1. The fourth-order valence-corrected chi connectivity index (χ4v) is 1.62. The van der Waals surface area contributed by atoms with E-state index < -0.39 is 10.9 Å². The standard InChI is InChI=1S/C11H10N4O4/c1-7-8(4-3-5-9(7)15(17)18)14-6-12-10(13-14)11(16)19-2/h3-6H,1-2H3. The third kappa shape index (κ3) is 2.28. The van der Waals surface area contributed by atoms with Gasteiger partial charge in [-0.15, -0.1) is 5.10 Å². The quantitative estimate of drug-likeness (QED) is 0.469. The van der Waals surface area contributed by atoms with Crippen molar-refractivity contribution in [3.8, 4) is 5.69 Å². The van der Waals surface area contributed by atoms with Crippen LogP contribution in [0.25, 0.3) is 5.69 Å². The number of esters is 1. The van der Waals surface area contributed by atoms with E-state index in [0.717, 1.165) is 0 Å². The average Bonchev–Trinajstić information content (AvgIpc) is 2.87. The van der Waals surface area contributed by atoms with Gasteiger partial charge in [0.1, 0.15) is 6.33 Å². The van der Waals surface area contributed by atoms with Gasteiger partial charge in [0, 0.05) is 6.07 Å². The first-order chi connectivity index (χ1) is 9.04. The molecule has 0 aliphatic rings. The van der Waals surface area contributed by atoms with Crippen molar-refractivity contribution in [2.45, 2.75) is 6.92 Å². The lowest BCUT2D eigenvalue weighted by Gasteiger charge is -2.04. The predicted octanol–water partition coefficient (Wildman–Crippen LogP) is 1.27. The van der Waals surface area contributed by atoms with Crippen molar-refractivity contribution in [3.63, 3.8) is 0 Å². The highest BCUT2D eigenvalue weighted by Crippen LogP contribution is 2.23. The topological polar surface area (TPSA) is 100 Å². The number of carbonyl (C=O) groups excluding carboxylic acids is 1.